The molecule has 0 aliphatic carbocycles. The minimum Gasteiger partial charge on any atom is -0.326 e. The minimum absolute atomic E-state index is 0.595. The van der Waals surface area contributed by atoms with E-state index in [4.69, 9.17) is 5.73 Å². The SMILES string of the molecule is CCCc1[c]c(CN)ccc1. The molecule has 0 unspecified atom stereocenters. The molecule has 0 spiro atoms. The average Bonchev–Trinajstić information content (AvgIpc) is 2.06. The lowest BCUT2D eigenvalue weighted by Gasteiger charge is -1.99. The van der Waals surface area contributed by atoms with E-state index in [1.807, 2.05) is 12.1 Å². The maximum absolute atomic E-state index is 5.48. The largest absolute Gasteiger partial charge is 0.326 e. The Labute approximate surface area is 68.2 Å². The summed E-state index contributed by atoms with van der Waals surface area (Å²) in [7, 11) is 0. The van der Waals surface area contributed by atoms with Crippen molar-refractivity contribution in [2.45, 2.75) is 26.3 Å². The summed E-state index contributed by atoms with van der Waals surface area (Å²) < 4.78 is 0. The van der Waals surface area contributed by atoms with Crippen LogP contribution in [0.25, 0.3) is 0 Å². The molecule has 1 radical (unpaired) electrons. The molecule has 1 aromatic rings. The predicted octanol–water partition coefficient (Wildman–Crippen LogP) is 1.90. The Hall–Kier alpha value is -0.820. The molecule has 0 aliphatic heterocycles. The van der Waals surface area contributed by atoms with Crippen LogP contribution < -0.4 is 5.73 Å². The lowest BCUT2D eigenvalue weighted by Crippen LogP contribution is -1.97. The Morgan fingerprint density at radius 3 is 2.73 bits per heavy atom. The fourth-order valence-corrected chi connectivity index (χ4v) is 1.10. The van der Waals surface area contributed by atoms with Crippen LogP contribution in [0.5, 0.6) is 0 Å². The van der Waals surface area contributed by atoms with Gasteiger partial charge in [-0.15, -0.1) is 0 Å². The first-order valence-corrected chi connectivity index (χ1v) is 4.07. The standard InChI is InChI=1S/C10H14N/c1-2-4-9-5-3-6-10(7-9)8-11/h3,5-6H,2,4,8,11H2,1H3. The lowest BCUT2D eigenvalue weighted by atomic mass is 10.1. The second-order valence-electron chi connectivity index (χ2n) is 2.66. The molecule has 1 heteroatoms. The van der Waals surface area contributed by atoms with Crippen molar-refractivity contribution in [2.24, 2.45) is 5.73 Å². The van der Waals surface area contributed by atoms with Gasteiger partial charge in [0.05, 0.1) is 0 Å². The van der Waals surface area contributed by atoms with Crippen LogP contribution >= 0.6 is 0 Å². The average molecular weight is 148 g/mol. The highest BCUT2D eigenvalue weighted by molar-refractivity contribution is 5.21. The van der Waals surface area contributed by atoms with Crippen molar-refractivity contribution in [3.63, 3.8) is 0 Å². The molecule has 0 aromatic heterocycles. The third-order valence-electron chi connectivity index (χ3n) is 1.66. The second-order valence-corrected chi connectivity index (χ2v) is 2.66. The number of nitrogens with two attached hydrogens (primary N) is 1. The molecule has 0 saturated carbocycles. The van der Waals surface area contributed by atoms with Gasteiger partial charge in [-0.3, -0.25) is 0 Å². The fraction of sp³-hybridized carbons (Fsp3) is 0.400. The summed E-state index contributed by atoms with van der Waals surface area (Å²) in [6.07, 6.45) is 2.28. The molecule has 0 saturated heterocycles. The first-order valence-electron chi connectivity index (χ1n) is 4.07. The molecule has 0 atom stereocenters. The van der Waals surface area contributed by atoms with Crippen molar-refractivity contribution < 1.29 is 0 Å². The van der Waals surface area contributed by atoms with E-state index in [2.05, 4.69) is 19.1 Å². The number of aryl methyl sites for hydroxylation is 1. The van der Waals surface area contributed by atoms with Gasteiger partial charge in [-0.25, -0.2) is 0 Å². The maximum Gasteiger partial charge on any atom is 0.0184 e. The quantitative estimate of drug-likeness (QED) is 0.696. The van der Waals surface area contributed by atoms with Crippen LogP contribution in [0, 0.1) is 6.07 Å². The van der Waals surface area contributed by atoms with Gasteiger partial charge < -0.3 is 5.73 Å². The molecule has 0 fully saturated rings. The molecule has 2 N–H and O–H groups in total. The Morgan fingerprint density at radius 2 is 2.09 bits per heavy atom. The molecule has 0 amide bonds. The van der Waals surface area contributed by atoms with E-state index in [0.29, 0.717) is 6.54 Å². The van der Waals surface area contributed by atoms with Gasteiger partial charge >= 0.3 is 0 Å². The van der Waals surface area contributed by atoms with Gasteiger partial charge in [0.15, 0.2) is 0 Å². The number of benzene rings is 1. The normalized spacial score (nSPS) is 10.0. The lowest BCUT2D eigenvalue weighted by molar-refractivity contribution is 0.913. The Morgan fingerprint density at radius 1 is 1.36 bits per heavy atom. The number of rotatable bonds is 3. The monoisotopic (exact) mass is 148 g/mol. The number of hydrogen-bond acceptors (Lipinski definition) is 1. The predicted molar refractivity (Wildman–Crippen MR) is 47.2 cm³/mol. The van der Waals surface area contributed by atoms with Crippen LogP contribution in [0.3, 0.4) is 0 Å². The van der Waals surface area contributed by atoms with E-state index in [1.165, 1.54) is 12.0 Å². The van der Waals surface area contributed by atoms with Gasteiger partial charge in [0.2, 0.25) is 0 Å². The van der Waals surface area contributed by atoms with Crippen molar-refractivity contribution in [3.05, 3.63) is 35.4 Å². The van der Waals surface area contributed by atoms with E-state index in [9.17, 15) is 0 Å². The molecule has 1 nitrogen and oxygen atoms in total. The third kappa shape index (κ3) is 2.35. The van der Waals surface area contributed by atoms with Crippen LogP contribution in [-0.2, 0) is 13.0 Å². The van der Waals surface area contributed by atoms with Gasteiger partial charge in [-0.1, -0.05) is 31.5 Å². The van der Waals surface area contributed by atoms with Crippen LogP contribution in [0.15, 0.2) is 18.2 Å². The van der Waals surface area contributed by atoms with E-state index < -0.39 is 0 Å². The van der Waals surface area contributed by atoms with Crippen molar-refractivity contribution in [1.82, 2.24) is 0 Å². The van der Waals surface area contributed by atoms with Crippen molar-refractivity contribution in [3.8, 4) is 0 Å². The molecule has 0 heterocycles. The zero-order valence-electron chi connectivity index (χ0n) is 6.93. The van der Waals surface area contributed by atoms with E-state index in [0.717, 1.165) is 12.0 Å². The molecule has 1 rings (SSSR count). The van der Waals surface area contributed by atoms with Crippen LogP contribution in [0.2, 0.25) is 0 Å². The van der Waals surface area contributed by atoms with Gasteiger partial charge in [-0.2, -0.15) is 0 Å². The Bertz CT molecular complexity index is 218. The summed E-state index contributed by atoms with van der Waals surface area (Å²) in [5, 5.41) is 0. The van der Waals surface area contributed by atoms with Gasteiger partial charge in [0, 0.05) is 6.54 Å². The summed E-state index contributed by atoms with van der Waals surface area (Å²) in [5.41, 5.74) is 7.86. The van der Waals surface area contributed by atoms with Crippen LogP contribution in [0.1, 0.15) is 24.5 Å². The highest BCUT2D eigenvalue weighted by atomic mass is 14.5. The molecular weight excluding hydrogens is 134 g/mol. The summed E-state index contributed by atoms with van der Waals surface area (Å²) >= 11 is 0. The highest BCUT2D eigenvalue weighted by Gasteiger charge is 1.92. The number of hydrogen-bond donors (Lipinski definition) is 1. The summed E-state index contributed by atoms with van der Waals surface area (Å²) in [6.45, 7) is 2.76. The van der Waals surface area contributed by atoms with Gasteiger partial charge in [0.1, 0.15) is 0 Å². The molecule has 0 aliphatic rings. The Kier molecular flexibility index (Phi) is 3.12. The smallest absolute Gasteiger partial charge is 0.0184 e. The van der Waals surface area contributed by atoms with Crippen molar-refractivity contribution >= 4 is 0 Å². The Balaban J connectivity index is 2.74. The fourth-order valence-electron chi connectivity index (χ4n) is 1.10. The molecule has 59 valence electrons. The molecular formula is C10H14N. The summed E-state index contributed by atoms with van der Waals surface area (Å²) in [4.78, 5) is 0. The van der Waals surface area contributed by atoms with Crippen molar-refractivity contribution in [2.75, 3.05) is 0 Å². The zero-order chi connectivity index (χ0) is 8.10. The molecule has 1 aromatic carbocycles. The van der Waals surface area contributed by atoms with Crippen molar-refractivity contribution in [1.29, 1.82) is 0 Å². The van der Waals surface area contributed by atoms with E-state index >= 15 is 0 Å². The van der Waals surface area contributed by atoms with Crippen LogP contribution in [0.4, 0.5) is 0 Å². The highest BCUT2D eigenvalue weighted by Crippen LogP contribution is 2.05. The van der Waals surface area contributed by atoms with Gasteiger partial charge in [-0.05, 0) is 23.6 Å². The summed E-state index contributed by atoms with van der Waals surface area (Å²) in [6, 6.07) is 9.43. The first-order chi connectivity index (χ1) is 5.36. The topological polar surface area (TPSA) is 26.0 Å². The maximum atomic E-state index is 5.48. The van der Waals surface area contributed by atoms with E-state index in [1.54, 1.807) is 0 Å². The first kappa shape index (κ1) is 8.28. The zero-order valence-corrected chi connectivity index (χ0v) is 6.93. The van der Waals surface area contributed by atoms with Gasteiger partial charge in [0.25, 0.3) is 0 Å². The third-order valence-corrected chi connectivity index (χ3v) is 1.66. The van der Waals surface area contributed by atoms with Crippen LogP contribution in [-0.4, -0.2) is 0 Å². The second kappa shape index (κ2) is 4.14. The minimum atomic E-state index is 0.595. The molecule has 11 heavy (non-hydrogen) atoms. The molecule has 0 bridgehead atoms. The van der Waals surface area contributed by atoms with E-state index in [-0.39, 0.29) is 0 Å². The summed E-state index contributed by atoms with van der Waals surface area (Å²) in [5.74, 6) is 0.